The van der Waals surface area contributed by atoms with E-state index in [9.17, 15) is 10.1 Å². The SMILES string of the molecule is CC(Nc1ccc(Cl)cc1[N+](=O)[O-])c1ccc(C#N)cc1. The number of nitro groups is 1. The molecular formula is C15H12ClN3O2. The number of anilines is 1. The van der Waals surface area contributed by atoms with Gasteiger partial charge in [-0.25, -0.2) is 0 Å². The molecule has 106 valence electrons. The van der Waals surface area contributed by atoms with Crippen molar-refractivity contribution in [2.75, 3.05) is 5.32 Å². The molecule has 5 nitrogen and oxygen atoms in total. The second-order valence-corrected chi connectivity index (χ2v) is 4.95. The van der Waals surface area contributed by atoms with Gasteiger partial charge in [0.25, 0.3) is 5.69 Å². The monoisotopic (exact) mass is 301 g/mol. The quantitative estimate of drug-likeness (QED) is 0.674. The Hall–Kier alpha value is -2.58. The van der Waals surface area contributed by atoms with Crippen molar-refractivity contribution in [1.29, 1.82) is 5.26 Å². The number of nitrogens with one attached hydrogen (secondary N) is 1. The maximum Gasteiger partial charge on any atom is 0.293 e. The fourth-order valence-electron chi connectivity index (χ4n) is 1.94. The zero-order valence-corrected chi connectivity index (χ0v) is 12.0. The van der Waals surface area contributed by atoms with E-state index in [0.29, 0.717) is 16.3 Å². The lowest BCUT2D eigenvalue weighted by Crippen LogP contribution is -2.08. The van der Waals surface area contributed by atoms with E-state index in [1.165, 1.54) is 6.07 Å². The van der Waals surface area contributed by atoms with Gasteiger partial charge in [0, 0.05) is 17.1 Å². The third-order valence-electron chi connectivity index (χ3n) is 3.07. The molecule has 2 aromatic carbocycles. The first-order valence-corrected chi connectivity index (χ1v) is 6.59. The van der Waals surface area contributed by atoms with E-state index in [-0.39, 0.29) is 11.7 Å². The number of nitro benzene ring substituents is 1. The fraction of sp³-hybridized carbons (Fsp3) is 0.133. The van der Waals surface area contributed by atoms with E-state index in [4.69, 9.17) is 16.9 Å². The molecule has 0 bridgehead atoms. The summed E-state index contributed by atoms with van der Waals surface area (Å²) in [5.41, 5.74) is 1.84. The van der Waals surface area contributed by atoms with Crippen LogP contribution in [0.25, 0.3) is 0 Å². The molecule has 0 spiro atoms. The molecule has 0 aliphatic carbocycles. The van der Waals surface area contributed by atoms with E-state index in [1.807, 2.05) is 25.1 Å². The summed E-state index contributed by atoms with van der Waals surface area (Å²) in [6.45, 7) is 1.89. The van der Waals surface area contributed by atoms with Gasteiger partial charge >= 0.3 is 0 Å². The molecule has 1 unspecified atom stereocenters. The van der Waals surface area contributed by atoms with Crippen molar-refractivity contribution in [3.63, 3.8) is 0 Å². The summed E-state index contributed by atoms with van der Waals surface area (Å²) in [6, 6.07) is 13.5. The van der Waals surface area contributed by atoms with Crippen LogP contribution in [0.3, 0.4) is 0 Å². The lowest BCUT2D eigenvalue weighted by Gasteiger charge is -2.16. The standard InChI is InChI=1S/C15H12ClN3O2/c1-10(12-4-2-11(9-17)3-5-12)18-14-7-6-13(16)8-15(14)19(20)21/h2-8,10,18H,1H3. The highest BCUT2D eigenvalue weighted by atomic mass is 35.5. The normalized spacial score (nSPS) is 11.5. The van der Waals surface area contributed by atoms with E-state index < -0.39 is 4.92 Å². The predicted octanol–water partition coefficient (Wildman–Crippen LogP) is 4.29. The first-order valence-electron chi connectivity index (χ1n) is 6.22. The smallest absolute Gasteiger partial charge is 0.293 e. The molecule has 0 saturated carbocycles. The van der Waals surface area contributed by atoms with Gasteiger partial charge < -0.3 is 5.32 Å². The molecule has 0 aliphatic heterocycles. The molecule has 0 aliphatic rings. The molecule has 1 N–H and O–H groups in total. The Balaban J connectivity index is 2.24. The number of nitriles is 1. The minimum atomic E-state index is -0.473. The number of halogens is 1. The summed E-state index contributed by atoms with van der Waals surface area (Å²) in [5.74, 6) is 0. The Morgan fingerprint density at radius 2 is 1.95 bits per heavy atom. The lowest BCUT2D eigenvalue weighted by atomic mass is 10.1. The van der Waals surface area contributed by atoms with Crippen molar-refractivity contribution in [2.45, 2.75) is 13.0 Å². The molecule has 0 radical (unpaired) electrons. The molecule has 2 rings (SSSR count). The number of benzene rings is 2. The number of rotatable bonds is 4. The molecule has 0 saturated heterocycles. The highest BCUT2D eigenvalue weighted by molar-refractivity contribution is 6.30. The number of nitrogens with zero attached hydrogens (tertiary/aromatic N) is 2. The van der Waals surface area contributed by atoms with Crippen molar-refractivity contribution in [3.05, 3.63) is 68.7 Å². The lowest BCUT2D eigenvalue weighted by molar-refractivity contribution is -0.384. The van der Waals surface area contributed by atoms with Gasteiger partial charge in [-0.3, -0.25) is 10.1 Å². The van der Waals surface area contributed by atoms with Crippen molar-refractivity contribution in [3.8, 4) is 6.07 Å². The maximum absolute atomic E-state index is 11.0. The van der Waals surface area contributed by atoms with Gasteiger partial charge in [0.15, 0.2) is 0 Å². The largest absolute Gasteiger partial charge is 0.373 e. The summed E-state index contributed by atoms with van der Waals surface area (Å²) in [6.07, 6.45) is 0. The van der Waals surface area contributed by atoms with Gasteiger partial charge in [-0.15, -0.1) is 0 Å². The highest BCUT2D eigenvalue weighted by Crippen LogP contribution is 2.30. The third-order valence-corrected chi connectivity index (χ3v) is 3.30. The van der Waals surface area contributed by atoms with Gasteiger partial charge in [-0.2, -0.15) is 5.26 Å². The Morgan fingerprint density at radius 1 is 1.29 bits per heavy atom. The number of hydrogen-bond donors (Lipinski definition) is 1. The molecule has 0 amide bonds. The Morgan fingerprint density at radius 3 is 2.52 bits per heavy atom. The third kappa shape index (κ3) is 3.50. The molecule has 0 heterocycles. The summed E-state index contributed by atoms with van der Waals surface area (Å²) < 4.78 is 0. The average Bonchev–Trinajstić information content (AvgIpc) is 2.49. The van der Waals surface area contributed by atoms with Crippen LogP contribution in [-0.4, -0.2) is 4.92 Å². The van der Waals surface area contributed by atoms with Gasteiger partial charge in [0.05, 0.1) is 16.6 Å². The average molecular weight is 302 g/mol. The van der Waals surface area contributed by atoms with Crippen LogP contribution in [0.15, 0.2) is 42.5 Å². The summed E-state index contributed by atoms with van der Waals surface area (Å²) >= 11 is 5.78. The second-order valence-electron chi connectivity index (χ2n) is 4.52. The fourth-order valence-corrected chi connectivity index (χ4v) is 2.11. The Labute approximate surface area is 126 Å². The first-order chi connectivity index (χ1) is 10.0. The molecule has 6 heteroatoms. The molecule has 0 fully saturated rings. The van der Waals surface area contributed by atoms with Crippen LogP contribution in [0.1, 0.15) is 24.1 Å². The van der Waals surface area contributed by atoms with Gasteiger partial charge in [0.2, 0.25) is 0 Å². The van der Waals surface area contributed by atoms with E-state index in [2.05, 4.69) is 5.32 Å². The zero-order valence-electron chi connectivity index (χ0n) is 11.2. The van der Waals surface area contributed by atoms with E-state index in [1.54, 1.807) is 24.3 Å². The van der Waals surface area contributed by atoms with Crippen LogP contribution in [0, 0.1) is 21.4 Å². The topological polar surface area (TPSA) is 79.0 Å². The van der Waals surface area contributed by atoms with Crippen molar-refractivity contribution >= 4 is 23.0 Å². The molecular weight excluding hydrogens is 290 g/mol. The van der Waals surface area contributed by atoms with Crippen LogP contribution >= 0.6 is 11.6 Å². The molecule has 2 aromatic rings. The van der Waals surface area contributed by atoms with Crippen molar-refractivity contribution in [1.82, 2.24) is 0 Å². The van der Waals surface area contributed by atoms with Gasteiger partial charge in [-0.1, -0.05) is 23.7 Å². The van der Waals surface area contributed by atoms with E-state index in [0.717, 1.165) is 5.56 Å². The minimum Gasteiger partial charge on any atom is -0.373 e. The Bertz CT molecular complexity index is 708. The molecule has 1 atom stereocenters. The molecule has 21 heavy (non-hydrogen) atoms. The summed E-state index contributed by atoms with van der Waals surface area (Å²) in [5, 5.41) is 23.2. The van der Waals surface area contributed by atoms with Crippen LogP contribution in [-0.2, 0) is 0 Å². The van der Waals surface area contributed by atoms with Gasteiger partial charge in [-0.05, 0) is 36.8 Å². The summed E-state index contributed by atoms with van der Waals surface area (Å²) in [7, 11) is 0. The van der Waals surface area contributed by atoms with Crippen molar-refractivity contribution < 1.29 is 4.92 Å². The van der Waals surface area contributed by atoms with Crippen LogP contribution in [0.4, 0.5) is 11.4 Å². The first kappa shape index (κ1) is 14.8. The number of hydrogen-bond acceptors (Lipinski definition) is 4. The minimum absolute atomic E-state index is 0.0667. The second kappa shape index (κ2) is 6.25. The van der Waals surface area contributed by atoms with Gasteiger partial charge in [0.1, 0.15) is 5.69 Å². The zero-order chi connectivity index (χ0) is 15.4. The summed E-state index contributed by atoms with van der Waals surface area (Å²) in [4.78, 5) is 10.6. The van der Waals surface area contributed by atoms with E-state index >= 15 is 0 Å². The van der Waals surface area contributed by atoms with Crippen molar-refractivity contribution in [2.24, 2.45) is 0 Å². The van der Waals surface area contributed by atoms with Crippen LogP contribution in [0.2, 0.25) is 5.02 Å². The van der Waals surface area contributed by atoms with Crippen LogP contribution < -0.4 is 5.32 Å². The predicted molar refractivity (Wildman–Crippen MR) is 81.3 cm³/mol. The highest BCUT2D eigenvalue weighted by Gasteiger charge is 2.16. The van der Waals surface area contributed by atoms with Crippen LogP contribution in [0.5, 0.6) is 0 Å². The maximum atomic E-state index is 11.0. The Kier molecular flexibility index (Phi) is 4.41. The molecule has 0 aromatic heterocycles.